The van der Waals surface area contributed by atoms with Crippen LogP contribution >= 0.6 is 0 Å². The van der Waals surface area contributed by atoms with Gasteiger partial charge in [-0.15, -0.1) is 0 Å². The Kier molecular flexibility index (Phi) is 5.56. The number of carbonyl (C=O) groups is 1. The van der Waals surface area contributed by atoms with Crippen molar-refractivity contribution in [2.75, 3.05) is 31.1 Å². The van der Waals surface area contributed by atoms with Crippen molar-refractivity contribution in [1.29, 1.82) is 0 Å². The zero-order chi connectivity index (χ0) is 17.8. The first-order valence-electron chi connectivity index (χ1n) is 9.39. The van der Waals surface area contributed by atoms with E-state index in [9.17, 15) is 14.9 Å². The molecular formula is C19H27N3O3. The van der Waals surface area contributed by atoms with Crippen molar-refractivity contribution < 1.29 is 9.72 Å². The van der Waals surface area contributed by atoms with Gasteiger partial charge in [-0.3, -0.25) is 14.9 Å². The molecule has 0 aliphatic carbocycles. The maximum Gasteiger partial charge on any atom is 0.293 e. The summed E-state index contributed by atoms with van der Waals surface area (Å²) in [5.41, 5.74) is 1.13. The molecule has 1 unspecified atom stereocenters. The van der Waals surface area contributed by atoms with Crippen molar-refractivity contribution in [2.45, 2.75) is 45.4 Å². The molecule has 2 heterocycles. The molecule has 1 aromatic carbocycles. The van der Waals surface area contributed by atoms with E-state index in [0.717, 1.165) is 64.7 Å². The summed E-state index contributed by atoms with van der Waals surface area (Å²) in [6.45, 7) is 5.34. The van der Waals surface area contributed by atoms with Crippen LogP contribution in [0.2, 0.25) is 0 Å². The molecule has 2 saturated heterocycles. The van der Waals surface area contributed by atoms with E-state index in [1.165, 1.54) is 6.07 Å². The van der Waals surface area contributed by atoms with Crippen LogP contribution in [0.15, 0.2) is 18.2 Å². The molecule has 6 nitrogen and oxygen atoms in total. The van der Waals surface area contributed by atoms with E-state index >= 15 is 0 Å². The van der Waals surface area contributed by atoms with Crippen LogP contribution < -0.4 is 4.90 Å². The van der Waals surface area contributed by atoms with Crippen LogP contribution in [0.1, 0.15) is 55.8 Å². The van der Waals surface area contributed by atoms with Crippen LogP contribution in [-0.4, -0.2) is 41.9 Å². The lowest BCUT2D eigenvalue weighted by atomic mass is 9.99. The average Bonchev–Trinajstić information content (AvgIpc) is 2.90. The van der Waals surface area contributed by atoms with Gasteiger partial charge in [-0.25, -0.2) is 0 Å². The molecule has 1 amide bonds. The minimum absolute atomic E-state index is 0.0507. The number of nitrogens with zero attached hydrogens (tertiary/aromatic N) is 3. The first-order chi connectivity index (χ1) is 12.1. The highest BCUT2D eigenvalue weighted by Crippen LogP contribution is 2.32. The zero-order valence-corrected chi connectivity index (χ0v) is 14.9. The summed E-state index contributed by atoms with van der Waals surface area (Å²) in [7, 11) is 0. The average molecular weight is 345 g/mol. The Bertz CT molecular complexity index is 639. The number of rotatable bonds is 3. The van der Waals surface area contributed by atoms with Crippen molar-refractivity contribution in [3.63, 3.8) is 0 Å². The van der Waals surface area contributed by atoms with Gasteiger partial charge in [-0.1, -0.05) is 19.8 Å². The van der Waals surface area contributed by atoms with Gasteiger partial charge in [0.15, 0.2) is 0 Å². The molecule has 0 saturated carbocycles. The predicted molar refractivity (Wildman–Crippen MR) is 98.1 cm³/mol. The van der Waals surface area contributed by atoms with E-state index < -0.39 is 0 Å². The maximum atomic E-state index is 12.8. The Hall–Kier alpha value is -2.11. The highest BCUT2D eigenvalue weighted by atomic mass is 16.6. The van der Waals surface area contributed by atoms with E-state index in [-0.39, 0.29) is 16.5 Å². The number of piperidine rings is 1. The lowest BCUT2D eigenvalue weighted by molar-refractivity contribution is -0.384. The summed E-state index contributed by atoms with van der Waals surface area (Å²) < 4.78 is 0. The lowest BCUT2D eigenvalue weighted by Crippen LogP contribution is -2.35. The van der Waals surface area contributed by atoms with Crippen molar-refractivity contribution in [1.82, 2.24) is 4.90 Å². The van der Waals surface area contributed by atoms with E-state index in [0.29, 0.717) is 17.2 Å². The van der Waals surface area contributed by atoms with Crippen LogP contribution in [0.25, 0.3) is 0 Å². The van der Waals surface area contributed by atoms with Gasteiger partial charge in [-0.05, 0) is 43.7 Å². The third-order valence-electron chi connectivity index (χ3n) is 5.31. The number of nitro benzene ring substituents is 1. The van der Waals surface area contributed by atoms with Gasteiger partial charge in [0.25, 0.3) is 11.6 Å². The minimum atomic E-state index is -0.353. The van der Waals surface area contributed by atoms with Gasteiger partial charge in [0.05, 0.1) is 4.92 Å². The zero-order valence-electron chi connectivity index (χ0n) is 14.9. The van der Waals surface area contributed by atoms with Gasteiger partial charge >= 0.3 is 0 Å². The summed E-state index contributed by atoms with van der Waals surface area (Å²) in [6.07, 6.45) is 6.53. The molecule has 1 aromatic rings. The monoisotopic (exact) mass is 345 g/mol. The molecule has 6 heteroatoms. The molecule has 0 aromatic heterocycles. The number of anilines is 1. The number of likely N-dealkylation sites (tertiary alicyclic amines) is 1. The fraction of sp³-hybridized carbons (Fsp3) is 0.632. The molecule has 0 radical (unpaired) electrons. The largest absolute Gasteiger partial charge is 0.366 e. The molecule has 2 fully saturated rings. The SMILES string of the molecule is CC1CCCN(c2ccc(C(=O)N3CCCCCC3)cc2[N+](=O)[O-])C1. The Morgan fingerprint density at radius 1 is 1.12 bits per heavy atom. The highest BCUT2D eigenvalue weighted by Gasteiger charge is 2.26. The van der Waals surface area contributed by atoms with E-state index in [2.05, 4.69) is 11.8 Å². The normalized spacial score (nSPS) is 21.7. The molecule has 0 N–H and O–H groups in total. The van der Waals surface area contributed by atoms with E-state index in [1.807, 2.05) is 4.90 Å². The maximum absolute atomic E-state index is 12.8. The molecule has 2 aliphatic rings. The molecule has 136 valence electrons. The van der Waals surface area contributed by atoms with E-state index in [1.54, 1.807) is 12.1 Å². The van der Waals surface area contributed by atoms with Gasteiger partial charge < -0.3 is 9.80 Å². The molecule has 25 heavy (non-hydrogen) atoms. The van der Waals surface area contributed by atoms with Gasteiger partial charge in [0.1, 0.15) is 5.69 Å². The van der Waals surface area contributed by atoms with Gasteiger partial charge in [0.2, 0.25) is 0 Å². The summed E-state index contributed by atoms with van der Waals surface area (Å²) in [6, 6.07) is 5.00. The fourth-order valence-corrected chi connectivity index (χ4v) is 3.93. The Morgan fingerprint density at radius 2 is 1.84 bits per heavy atom. The number of amides is 1. The van der Waals surface area contributed by atoms with Crippen LogP contribution in [0, 0.1) is 16.0 Å². The van der Waals surface area contributed by atoms with Crippen molar-refractivity contribution in [3.8, 4) is 0 Å². The van der Waals surface area contributed by atoms with Gasteiger partial charge in [0, 0.05) is 37.8 Å². The quantitative estimate of drug-likeness (QED) is 0.616. The van der Waals surface area contributed by atoms with Gasteiger partial charge in [-0.2, -0.15) is 0 Å². The first kappa shape index (κ1) is 17.7. The van der Waals surface area contributed by atoms with Crippen LogP contribution in [0.4, 0.5) is 11.4 Å². The summed E-state index contributed by atoms with van der Waals surface area (Å²) in [4.78, 5) is 27.9. The molecule has 0 bridgehead atoms. The number of benzene rings is 1. The number of hydrogen-bond donors (Lipinski definition) is 0. The standard InChI is InChI=1S/C19H27N3O3/c1-15-7-6-12-21(14-15)17-9-8-16(13-18(17)22(24)25)19(23)20-10-4-2-3-5-11-20/h8-9,13,15H,2-7,10-12,14H2,1H3. The summed E-state index contributed by atoms with van der Waals surface area (Å²) >= 11 is 0. The van der Waals surface area contributed by atoms with Crippen LogP contribution in [0.5, 0.6) is 0 Å². The molecule has 0 spiro atoms. The van der Waals surface area contributed by atoms with E-state index in [4.69, 9.17) is 0 Å². The highest BCUT2D eigenvalue weighted by molar-refractivity contribution is 5.95. The second kappa shape index (κ2) is 7.85. The Balaban J connectivity index is 1.85. The molecule has 3 rings (SSSR count). The fourth-order valence-electron chi connectivity index (χ4n) is 3.93. The lowest BCUT2D eigenvalue weighted by Gasteiger charge is -2.32. The second-order valence-electron chi connectivity index (χ2n) is 7.36. The number of carbonyl (C=O) groups excluding carboxylic acids is 1. The molecular weight excluding hydrogens is 318 g/mol. The summed E-state index contributed by atoms with van der Waals surface area (Å²) in [5.74, 6) is 0.454. The second-order valence-corrected chi connectivity index (χ2v) is 7.36. The van der Waals surface area contributed by atoms with Crippen molar-refractivity contribution in [3.05, 3.63) is 33.9 Å². The van der Waals surface area contributed by atoms with Crippen molar-refractivity contribution in [2.24, 2.45) is 5.92 Å². The Morgan fingerprint density at radius 3 is 2.48 bits per heavy atom. The smallest absolute Gasteiger partial charge is 0.293 e. The predicted octanol–water partition coefficient (Wildman–Crippen LogP) is 3.85. The third kappa shape index (κ3) is 4.11. The number of nitro groups is 1. The summed E-state index contributed by atoms with van der Waals surface area (Å²) in [5, 5.41) is 11.6. The third-order valence-corrected chi connectivity index (χ3v) is 5.31. The van der Waals surface area contributed by atoms with Crippen LogP contribution in [-0.2, 0) is 0 Å². The van der Waals surface area contributed by atoms with Crippen LogP contribution in [0.3, 0.4) is 0 Å². The molecule has 2 aliphatic heterocycles. The molecule has 1 atom stereocenters. The Labute approximate surface area is 148 Å². The number of hydrogen-bond acceptors (Lipinski definition) is 4. The topological polar surface area (TPSA) is 66.7 Å². The van der Waals surface area contributed by atoms with Crippen molar-refractivity contribution >= 4 is 17.3 Å². The minimum Gasteiger partial charge on any atom is -0.366 e. The first-order valence-corrected chi connectivity index (χ1v) is 9.39.